The van der Waals surface area contributed by atoms with Gasteiger partial charge in [0.05, 0.1) is 18.1 Å². The van der Waals surface area contributed by atoms with Gasteiger partial charge in [-0.3, -0.25) is 4.79 Å². The first-order chi connectivity index (χ1) is 10.0. The van der Waals surface area contributed by atoms with Crippen molar-refractivity contribution < 1.29 is 17.9 Å². The zero-order chi connectivity index (χ0) is 15.3. The maximum Gasteiger partial charge on any atom is 0.248 e. The van der Waals surface area contributed by atoms with E-state index >= 15 is 0 Å². The van der Waals surface area contributed by atoms with Crippen LogP contribution in [-0.2, 0) is 19.6 Å². The molecule has 0 unspecified atom stereocenters. The highest BCUT2D eigenvalue weighted by molar-refractivity contribution is 7.89. The van der Waals surface area contributed by atoms with Crippen molar-refractivity contribution >= 4 is 21.6 Å². The van der Waals surface area contributed by atoms with Gasteiger partial charge in [-0.25, -0.2) is 8.42 Å². The van der Waals surface area contributed by atoms with Crippen molar-refractivity contribution in [2.24, 2.45) is 0 Å². The van der Waals surface area contributed by atoms with Gasteiger partial charge in [-0.05, 0) is 37.3 Å². The number of nitrogens with one attached hydrogen (secondary N) is 1. The average molecular weight is 310 g/mol. The van der Waals surface area contributed by atoms with Crippen LogP contribution in [0.15, 0.2) is 41.3 Å². The van der Waals surface area contributed by atoms with Gasteiger partial charge >= 0.3 is 0 Å². The van der Waals surface area contributed by atoms with E-state index in [0.717, 1.165) is 0 Å². The van der Waals surface area contributed by atoms with Gasteiger partial charge in [0.15, 0.2) is 0 Å². The standard InChI is InChI=1S/C14H18N2O4S/c1-2-3-14(17)15-12-4-6-13(7-5-12)21(18,19)16-8-10-20-11-9-16/h2-7H,8-11H2,1H3,(H,15,17)/b3-2+. The number of rotatable bonds is 4. The number of carbonyl (C=O) groups is 1. The quantitative estimate of drug-likeness (QED) is 0.849. The molecule has 1 amide bonds. The maximum absolute atomic E-state index is 12.4. The molecule has 1 aromatic carbocycles. The van der Waals surface area contributed by atoms with E-state index < -0.39 is 10.0 Å². The summed E-state index contributed by atoms with van der Waals surface area (Å²) in [6.45, 7) is 3.30. The van der Waals surface area contributed by atoms with E-state index in [-0.39, 0.29) is 10.8 Å². The largest absolute Gasteiger partial charge is 0.379 e. The predicted molar refractivity (Wildman–Crippen MR) is 79.5 cm³/mol. The lowest BCUT2D eigenvalue weighted by molar-refractivity contribution is -0.111. The topological polar surface area (TPSA) is 75.7 Å². The number of anilines is 1. The summed E-state index contributed by atoms with van der Waals surface area (Å²) in [5.74, 6) is -0.249. The molecule has 0 radical (unpaired) electrons. The lowest BCUT2D eigenvalue weighted by Gasteiger charge is -2.26. The van der Waals surface area contributed by atoms with Crippen LogP contribution >= 0.6 is 0 Å². The maximum atomic E-state index is 12.4. The summed E-state index contributed by atoms with van der Waals surface area (Å²) in [7, 11) is -3.49. The lowest BCUT2D eigenvalue weighted by atomic mass is 10.3. The van der Waals surface area contributed by atoms with E-state index in [9.17, 15) is 13.2 Å². The predicted octanol–water partition coefficient (Wildman–Crippen LogP) is 1.22. The normalized spacial score (nSPS) is 17.0. The molecule has 0 atom stereocenters. The monoisotopic (exact) mass is 310 g/mol. The third kappa shape index (κ3) is 3.90. The number of morpholine rings is 1. The number of carbonyl (C=O) groups excluding carboxylic acids is 1. The summed E-state index contributed by atoms with van der Waals surface area (Å²) < 4.78 is 31.4. The Labute approximate surface area is 124 Å². The molecule has 0 bridgehead atoms. The van der Waals surface area contributed by atoms with Crippen LogP contribution in [0, 0.1) is 0 Å². The molecule has 1 fully saturated rings. The van der Waals surface area contributed by atoms with Gasteiger partial charge in [0.1, 0.15) is 0 Å². The fourth-order valence-electron chi connectivity index (χ4n) is 1.98. The Kier molecular flexibility index (Phi) is 5.11. The molecule has 1 aromatic rings. The Balaban J connectivity index is 2.12. The third-order valence-electron chi connectivity index (χ3n) is 3.05. The number of sulfonamides is 1. The molecule has 1 heterocycles. The summed E-state index contributed by atoms with van der Waals surface area (Å²) in [5.41, 5.74) is 0.555. The molecule has 1 N–H and O–H groups in total. The van der Waals surface area contributed by atoms with Crippen molar-refractivity contribution in [3.05, 3.63) is 36.4 Å². The minimum Gasteiger partial charge on any atom is -0.379 e. The Morgan fingerprint density at radius 2 is 1.86 bits per heavy atom. The summed E-state index contributed by atoms with van der Waals surface area (Å²) in [6, 6.07) is 6.15. The van der Waals surface area contributed by atoms with E-state index in [2.05, 4.69) is 5.32 Å². The molecule has 0 spiro atoms. The minimum absolute atomic E-state index is 0.216. The second-order valence-electron chi connectivity index (χ2n) is 4.53. The fraction of sp³-hybridized carbons (Fsp3) is 0.357. The van der Waals surface area contributed by atoms with Crippen LogP contribution in [0.3, 0.4) is 0 Å². The summed E-state index contributed by atoms with van der Waals surface area (Å²) in [4.78, 5) is 11.6. The number of benzene rings is 1. The highest BCUT2D eigenvalue weighted by atomic mass is 32.2. The molecule has 7 heteroatoms. The Morgan fingerprint density at radius 1 is 1.24 bits per heavy atom. The van der Waals surface area contributed by atoms with Crippen molar-refractivity contribution in [3.8, 4) is 0 Å². The highest BCUT2D eigenvalue weighted by Gasteiger charge is 2.26. The van der Waals surface area contributed by atoms with Gasteiger partial charge in [0.25, 0.3) is 0 Å². The SMILES string of the molecule is C/C=C/C(=O)Nc1ccc(S(=O)(=O)N2CCOCC2)cc1. The first-order valence-electron chi connectivity index (χ1n) is 6.65. The van der Waals surface area contributed by atoms with Crippen LogP contribution in [0.25, 0.3) is 0 Å². The summed E-state index contributed by atoms with van der Waals surface area (Å²) in [5, 5.41) is 2.65. The van der Waals surface area contributed by atoms with E-state index in [1.807, 2.05) is 0 Å². The van der Waals surface area contributed by atoms with Gasteiger partial charge in [-0.1, -0.05) is 6.08 Å². The zero-order valence-electron chi connectivity index (χ0n) is 11.8. The van der Waals surface area contributed by atoms with Crippen LogP contribution in [0.5, 0.6) is 0 Å². The Hall–Kier alpha value is -1.70. The van der Waals surface area contributed by atoms with Gasteiger partial charge in [0, 0.05) is 18.8 Å². The summed E-state index contributed by atoms with van der Waals surface area (Å²) >= 11 is 0. The molecular formula is C14H18N2O4S. The number of hydrogen-bond acceptors (Lipinski definition) is 4. The molecule has 114 valence electrons. The molecule has 21 heavy (non-hydrogen) atoms. The Morgan fingerprint density at radius 3 is 2.43 bits per heavy atom. The van der Waals surface area contributed by atoms with Gasteiger partial charge < -0.3 is 10.1 Å². The first kappa shape index (κ1) is 15.7. The molecule has 1 aliphatic heterocycles. The van der Waals surface area contributed by atoms with Crippen LogP contribution in [-0.4, -0.2) is 44.9 Å². The van der Waals surface area contributed by atoms with E-state index in [1.165, 1.54) is 22.5 Å². The van der Waals surface area contributed by atoms with E-state index in [4.69, 9.17) is 4.74 Å². The molecule has 0 aromatic heterocycles. The molecule has 0 saturated carbocycles. The number of amides is 1. The second-order valence-corrected chi connectivity index (χ2v) is 6.47. The second kappa shape index (κ2) is 6.84. The average Bonchev–Trinajstić information content (AvgIpc) is 2.49. The fourth-order valence-corrected chi connectivity index (χ4v) is 3.39. The molecule has 0 aliphatic carbocycles. The van der Waals surface area contributed by atoms with Crippen LogP contribution in [0.1, 0.15) is 6.92 Å². The molecule has 1 aliphatic rings. The number of allylic oxidation sites excluding steroid dienone is 1. The minimum atomic E-state index is -3.49. The van der Waals surface area contributed by atoms with Crippen molar-refractivity contribution in [2.75, 3.05) is 31.6 Å². The third-order valence-corrected chi connectivity index (χ3v) is 4.96. The Bertz CT molecular complexity index is 617. The van der Waals surface area contributed by atoms with Gasteiger partial charge in [-0.15, -0.1) is 0 Å². The molecule has 6 nitrogen and oxygen atoms in total. The van der Waals surface area contributed by atoms with E-state index in [1.54, 1.807) is 25.1 Å². The molecular weight excluding hydrogens is 292 g/mol. The summed E-state index contributed by atoms with van der Waals surface area (Å²) in [6.07, 6.45) is 3.03. The lowest BCUT2D eigenvalue weighted by Crippen LogP contribution is -2.40. The zero-order valence-corrected chi connectivity index (χ0v) is 12.6. The van der Waals surface area contributed by atoms with Crippen LogP contribution < -0.4 is 5.32 Å². The van der Waals surface area contributed by atoms with Crippen LogP contribution in [0.2, 0.25) is 0 Å². The van der Waals surface area contributed by atoms with Gasteiger partial charge in [-0.2, -0.15) is 4.31 Å². The molecule has 1 saturated heterocycles. The smallest absolute Gasteiger partial charge is 0.248 e. The number of ether oxygens (including phenoxy) is 1. The van der Waals surface area contributed by atoms with Crippen molar-refractivity contribution in [1.82, 2.24) is 4.31 Å². The van der Waals surface area contributed by atoms with Gasteiger partial charge in [0.2, 0.25) is 15.9 Å². The highest BCUT2D eigenvalue weighted by Crippen LogP contribution is 2.19. The molecule has 2 rings (SSSR count). The number of hydrogen-bond donors (Lipinski definition) is 1. The van der Waals surface area contributed by atoms with Crippen molar-refractivity contribution in [3.63, 3.8) is 0 Å². The van der Waals surface area contributed by atoms with E-state index in [0.29, 0.717) is 32.0 Å². The van der Waals surface area contributed by atoms with Crippen molar-refractivity contribution in [1.29, 1.82) is 0 Å². The number of nitrogens with zero attached hydrogens (tertiary/aromatic N) is 1. The van der Waals surface area contributed by atoms with Crippen LogP contribution in [0.4, 0.5) is 5.69 Å². The first-order valence-corrected chi connectivity index (χ1v) is 8.09. The van der Waals surface area contributed by atoms with Crippen molar-refractivity contribution in [2.45, 2.75) is 11.8 Å².